The fourth-order valence-electron chi connectivity index (χ4n) is 2.75. The molecule has 0 saturated carbocycles. The van der Waals surface area contributed by atoms with Crippen molar-refractivity contribution in [1.29, 1.82) is 0 Å². The van der Waals surface area contributed by atoms with Gasteiger partial charge in [-0.3, -0.25) is 4.79 Å². The molecule has 1 aliphatic carbocycles. The van der Waals surface area contributed by atoms with Gasteiger partial charge >= 0.3 is 5.97 Å². The van der Waals surface area contributed by atoms with Gasteiger partial charge in [-0.2, -0.15) is 0 Å². The molecule has 0 heterocycles. The molecule has 2 nitrogen and oxygen atoms in total. The molecular formula is C15H19FO2. The van der Waals surface area contributed by atoms with E-state index in [2.05, 4.69) is 6.92 Å². The largest absolute Gasteiger partial charge is 0.424 e. The van der Waals surface area contributed by atoms with Crippen LogP contribution in [-0.2, 0) is 17.6 Å². The normalized spacial score (nSPS) is 18.3. The van der Waals surface area contributed by atoms with Crippen LogP contribution in [0, 0.1) is 11.7 Å². The molecule has 0 bridgehead atoms. The topological polar surface area (TPSA) is 26.3 Å². The lowest BCUT2D eigenvalue weighted by Crippen LogP contribution is -2.16. The summed E-state index contributed by atoms with van der Waals surface area (Å²) in [6.07, 6.45) is 5.10. The highest BCUT2D eigenvalue weighted by Crippen LogP contribution is 2.33. The Morgan fingerprint density at radius 3 is 2.94 bits per heavy atom. The Kier molecular flexibility index (Phi) is 4.00. The van der Waals surface area contributed by atoms with E-state index < -0.39 is 5.97 Å². The van der Waals surface area contributed by atoms with Crippen molar-refractivity contribution in [3.63, 3.8) is 0 Å². The van der Waals surface area contributed by atoms with E-state index >= 15 is 0 Å². The number of benzene rings is 1. The summed E-state index contributed by atoms with van der Waals surface area (Å²) < 4.78 is 19.0. The highest BCUT2D eigenvalue weighted by atomic mass is 19.1. The van der Waals surface area contributed by atoms with Gasteiger partial charge in [0, 0.05) is 6.92 Å². The maximum absolute atomic E-state index is 14.2. The third-order valence-electron chi connectivity index (χ3n) is 3.57. The summed E-state index contributed by atoms with van der Waals surface area (Å²) in [5.74, 6) is -0.0946. The van der Waals surface area contributed by atoms with Gasteiger partial charge in [0.25, 0.3) is 0 Å². The summed E-state index contributed by atoms with van der Waals surface area (Å²) in [4.78, 5) is 10.9. The average Bonchev–Trinajstić information content (AvgIpc) is 2.33. The molecule has 0 saturated heterocycles. The lowest BCUT2D eigenvalue weighted by Gasteiger charge is -2.25. The minimum absolute atomic E-state index is 0.0650. The molecule has 1 unspecified atom stereocenters. The maximum atomic E-state index is 14.2. The second-order valence-electron chi connectivity index (χ2n) is 5.01. The summed E-state index contributed by atoms with van der Waals surface area (Å²) in [7, 11) is 0. The summed E-state index contributed by atoms with van der Waals surface area (Å²) in [5.41, 5.74) is 1.81. The van der Waals surface area contributed by atoms with E-state index in [0.29, 0.717) is 5.92 Å². The maximum Gasteiger partial charge on any atom is 0.308 e. The van der Waals surface area contributed by atoms with Crippen LogP contribution in [0.15, 0.2) is 12.1 Å². The second kappa shape index (κ2) is 5.51. The van der Waals surface area contributed by atoms with Crippen molar-refractivity contribution in [3.8, 4) is 5.75 Å². The van der Waals surface area contributed by atoms with Gasteiger partial charge in [-0.15, -0.1) is 0 Å². The first kappa shape index (κ1) is 13.1. The molecule has 1 aromatic carbocycles. The SMILES string of the molecule is CCCC1CCc2c(ccc(OC(C)=O)c2F)C1. The van der Waals surface area contributed by atoms with Crippen molar-refractivity contribution in [2.24, 2.45) is 5.92 Å². The summed E-state index contributed by atoms with van der Waals surface area (Å²) in [6, 6.07) is 3.47. The van der Waals surface area contributed by atoms with Crippen LogP contribution in [0.3, 0.4) is 0 Å². The quantitative estimate of drug-likeness (QED) is 0.604. The first-order valence-electron chi connectivity index (χ1n) is 6.60. The fraction of sp³-hybridized carbons (Fsp3) is 0.533. The predicted octanol–water partition coefficient (Wildman–Crippen LogP) is 3.66. The van der Waals surface area contributed by atoms with Gasteiger partial charge in [0.15, 0.2) is 11.6 Å². The van der Waals surface area contributed by atoms with Crippen molar-refractivity contribution in [3.05, 3.63) is 29.1 Å². The Morgan fingerprint density at radius 2 is 2.28 bits per heavy atom. The number of hydrogen-bond acceptors (Lipinski definition) is 2. The van der Waals surface area contributed by atoms with Crippen molar-refractivity contribution >= 4 is 5.97 Å². The van der Waals surface area contributed by atoms with E-state index in [1.807, 2.05) is 6.07 Å². The molecule has 0 radical (unpaired) electrons. The fourth-order valence-corrected chi connectivity index (χ4v) is 2.75. The Bertz CT molecular complexity index is 454. The van der Waals surface area contributed by atoms with Gasteiger partial charge in [-0.05, 0) is 42.4 Å². The van der Waals surface area contributed by atoms with Crippen LogP contribution in [0.25, 0.3) is 0 Å². The van der Waals surface area contributed by atoms with Crippen molar-refractivity contribution in [1.82, 2.24) is 0 Å². The molecule has 1 aromatic rings. The molecule has 18 heavy (non-hydrogen) atoms. The molecular weight excluding hydrogens is 231 g/mol. The molecule has 0 amide bonds. The number of carbonyl (C=O) groups excluding carboxylic acids is 1. The van der Waals surface area contributed by atoms with Gasteiger partial charge in [-0.25, -0.2) is 4.39 Å². The predicted molar refractivity (Wildman–Crippen MR) is 68.1 cm³/mol. The van der Waals surface area contributed by atoms with Crippen LogP contribution in [0.1, 0.15) is 44.2 Å². The van der Waals surface area contributed by atoms with Gasteiger partial charge in [0.05, 0.1) is 0 Å². The Labute approximate surface area is 107 Å². The van der Waals surface area contributed by atoms with Crippen molar-refractivity contribution < 1.29 is 13.9 Å². The highest BCUT2D eigenvalue weighted by molar-refractivity contribution is 5.69. The average molecular weight is 250 g/mol. The van der Waals surface area contributed by atoms with Crippen LogP contribution in [0.4, 0.5) is 4.39 Å². The first-order valence-corrected chi connectivity index (χ1v) is 6.60. The van der Waals surface area contributed by atoms with Crippen LogP contribution in [0.2, 0.25) is 0 Å². The number of fused-ring (bicyclic) bond motifs is 1. The number of hydrogen-bond donors (Lipinski definition) is 0. The third kappa shape index (κ3) is 2.71. The molecule has 1 aliphatic rings. The van der Waals surface area contributed by atoms with E-state index in [1.54, 1.807) is 6.07 Å². The summed E-state index contributed by atoms with van der Waals surface area (Å²) in [5, 5.41) is 0. The van der Waals surface area contributed by atoms with Gasteiger partial charge in [-0.1, -0.05) is 25.8 Å². The minimum atomic E-state index is -0.478. The first-order chi connectivity index (χ1) is 8.61. The standard InChI is InChI=1S/C15H19FO2/c1-3-4-11-5-7-13-12(9-11)6-8-14(15(13)16)18-10(2)17/h6,8,11H,3-5,7,9H2,1-2H3. The van der Waals surface area contributed by atoms with Gasteiger partial charge in [0.1, 0.15) is 0 Å². The van der Waals surface area contributed by atoms with Crippen LogP contribution >= 0.6 is 0 Å². The van der Waals surface area contributed by atoms with Crippen LogP contribution < -0.4 is 4.74 Å². The number of rotatable bonds is 3. The number of halogens is 1. The molecule has 98 valence electrons. The van der Waals surface area contributed by atoms with Gasteiger partial charge < -0.3 is 4.74 Å². The number of ether oxygens (including phenoxy) is 1. The molecule has 0 aliphatic heterocycles. The van der Waals surface area contributed by atoms with Crippen molar-refractivity contribution in [2.75, 3.05) is 0 Å². The summed E-state index contributed by atoms with van der Waals surface area (Å²) in [6.45, 7) is 3.47. The van der Waals surface area contributed by atoms with E-state index in [4.69, 9.17) is 4.74 Å². The lowest BCUT2D eigenvalue weighted by atomic mass is 9.81. The lowest BCUT2D eigenvalue weighted by molar-refractivity contribution is -0.132. The van der Waals surface area contributed by atoms with Crippen LogP contribution in [-0.4, -0.2) is 5.97 Å². The Morgan fingerprint density at radius 1 is 1.50 bits per heavy atom. The number of esters is 1. The molecule has 0 fully saturated rings. The smallest absolute Gasteiger partial charge is 0.308 e. The van der Waals surface area contributed by atoms with Crippen molar-refractivity contribution in [2.45, 2.75) is 46.0 Å². The highest BCUT2D eigenvalue weighted by Gasteiger charge is 2.23. The van der Waals surface area contributed by atoms with Gasteiger partial charge in [0.2, 0.25) is 0 Å². The Hall–Kier alpha value is -1.38. The zero-order valence-electron chi connectivity index (χ0n) is 11.0. The minimum Gasteiger partial charge on any atom is -0.424 e. The number of carbonyl (C=O) groups is 1. The van der Waals surface area contributed by atoms with E-state index in [0.717, 1.165) is 30.4 Å². The molecule has 0 aromatic heterocycles. The van der Waals surface area contributed by atoms with E-state index in [-0.39, 0.29) is 11.6 Å². The monoisotopic (exact) mass is 250 g/mol. The molecule has 2 rings (SSSR count). The zero-order chi connectivity index (χ0) is 13.1. The zero-order valence-corrected chi connectivity index (χ0v) is 11.0. The molecule has 0 spiro atoms. The summed E-state index contributed by atoms with van der Waals surface area (Å²) >= 11 is 0. The molecule has 0 N–H and O–H groups in total. The van der Waals surface area contributed by atoms with Crippen LogP contribution in [0.5, 0.6) is 5.75 Å². The second-order valence-corrected chi connectivity index (χ2v) is 5.01. The molecule has 1 atom stereocenters. The van der Waals surface area contributed by atoms with E-state index in [9.17, 15) is 9.18 Å². The molecule has 3 heteroatoms. The Balaban J connectivity index is 2.23. The van der Waals surface area contributed by atoms with E-state index in [1.165, 1.54) is 19.8 Å². The third-order valence-corrected chi connectivity index (χ3v) is 3.57.